The van der Waals surface area contributed by atoms with Crippen LogP contribution in [0.4, 0.5) is 0 Å². The first-order valence-electron chi connectivity index (χ1n) is 20.3. The third-order valence-corrected chi connectivity index (χ3v) is 9.20. The third-order valence-electron chi connectivity index (χ3n) is 8.25. The van der Waals surface area contributed by atoms with Crippen LogP contribution >= 0.6 is 7.82 Å². The number of hydrogen-bond donors (Lipinski definition) is 3. The lowest BCUT2D eigenvalue weighted by molar-refractivity contribution is -0.161. The molecule has 0 spiro atoms. The summed E-state index contributed by atoms with van der Waals surface area (Å²) in [4.78, 5) is 45.8. The Bertz CT molecular complexity index is 1150. The van der Waals surface area contributed by atoms with Crippen molar-refractivity contribution in [2.45, 2.75) is 167 Å². The fourth-order valence-corrected chi connectivity index (χ4v) is 5.83. The molecule has 0 fully saturated rings. The van der Waals surface area contributed by atoms with E-state index in [1.54, 1.807) is 0 Å². The van der Waals surface area contributed by atoms with Crippen molar-refractivity contribution in [2.75, 3.05) is 19.8 Å². The number of carboxylic acids is 1. The van der Waals surface area contributed by atoms with Gasteiger partial charge in [0, 0.05) is 12.8 Å². The minimum absolute atomic E-state index is 0.103. The van der Waals surface area contributed by atoms with E-state index in [-0.39, 0.29) is 19.4 Å². The van der Waals surface area contributed by atoms with Crippen molar-refractivity contribution >= 4 is 25.7 Å². The Hall–Kier alpha value is -2.82. The van der Waals surface area contributed by atoms with E-state index < -0.39 is 51.1 Å². The number of unbranched alkanes of at least 4 members (excludes halogenated alkanes) is 13. The summed E-state index contributed by atoms with van der Waals surface area (Å²) >= 11 is 0. The fourth-order valence-electron chi connectivity index (χ4n) is 5.05. The average molecular weight is 782 g/mol. The first kappa shape index (κ1) is 51.2. The lowest BCUT2D eigenvalue weighted by atomic mass is 10.1. The van der Waals surface area contributed by atoms with E-state index in [1.807, 2.05) is 0 Å². The summed E-state index contributed by atoms with van der Waals surface area (Å²) in [5.74, 6) is -2.47. The van der Waals surface area contributed by atoms with Crippen LogP contribution in [0.15, 0.2) is 60.8 Å². The van der Waals surface area contributed by atoms with Crippen LogP contribution in [0.2, 0.25) is 0 Å². The third kappa shape index (κ3) is 36.2. The summed E-state index contributed by atoms with van der Waals surface area (Å²) in [7, 11) is -4.73. The van der Waals surface area contributed by atoms with E-state index >= 15 is 0 Å². The van der Waals surface area contributed by atoms with Gasteiger partial charge in [-0.15, -0.1) is 0 Å². The molecule has 11 nitrogen and oxygen atoms in total. The highest BCUT2D eigenvalue weighted by molar-refractivity contribution is 7.47. The normalized spacial score (nSPS) is 14.4. The zero-order valence-corrected chi connectivity index (χ0v) is 34.2. The first-order chi connectivity index (χ1) is 26.1. The maximum absolute atomic E-state index is 12.6. The number of ether oxygens (including phenoxy) is 2. The van der Waals surface area contributed by atoms with Gasteiger partial charge in [0.15, 0.2) is 6.10 Å². The molecule has 0 saturated carbocycles. The number of nitrogens with two attached hydrogens (primary N) is 1. The number of carbonyl (C=O) groups excluding carboxylic acids is 2. The number of esters is 2. The summed E-state index contributed by atoms with van der Waals surface area (Å²) in [6, 6.07) is -1.53. The lowest BCUT2D eigenvalue weighted by Gasteiger charge is -2.20. The largest absolute Gasteiger partial charge is 0.480 e. The van der Waals surface area contributed by atoms with E-state index in [0.29, 0.717) is 12.8 Å². The average Bonchev–Trinajstić information content (AvgIpc) is 3.14. The predicted octanol–water partition coefficient (Wildman–Crippen LogP) is 10.4. The number of hydrogen-bond acceptors (Lipinski definition) is 9. The van der Waals surface area contributed by atoms with E-state index in [2.05, 4.69) is 79.1 Å². The molecule has 0 heterocycles. The molecular formula is C42H72NO10P. The van der Waals surface area contributed by atoms with Gasteiger partial charge >= 0.3 is 25.7 Å². The van der Waals surface area contributed by atoms with E-state index in [9.17, 15) is 23.8 Å². The van der Waals surface area contributed by atoms with Crippen LogP contribution < -0.4 is 5.73 Å². The minimum atomic E-state index is -4.73. The summed E-state index contributed by atoms with van der Waals surface area (Å²) in [6.45, 7) is 2.60. The van der Waals surface area contributed by atoms with Gasteiger partial charge in [-0.2, -0.15) is 0 Å². The maximum Gasteiger partial charge on any atom is 0.472 e. The molecule has 0 aromatic carbocycles. The van der Waals surface area contributed by atoms with Gasteiger partial charge in [0.1, 0.15) is 12.6 Å². The van der Waals surface area contributed by atoms with Crippen molar-refractivity contribution in [2.24, 2.45) is 5.73 Å². The molecule has 0 aliphatic heterocycles. The highest BCUT2D eigenvalue weighted by Gasteiger charge is 2.28. The van der Waals surface area contributed by atoms with Crippen LogP contribution in [0, 0.1) is 0 Å². The maximum atomic E-state index is 12.6. The van der Waals surface area contributed by atoms with Gasteiger partial charge in [-0.1, -0.05) is 126 Å². The number of allylic oxidation sites excluding steroid dienone is 10. The number of carbonyl (C=O) groups is 3. The van der Waals surface area contributed by atoms with Crippen molar-refractivity contribution in [3.63, 3.8) is 0 Å². The molecule has 0 aliphatic rings. The topological polar surface area (TPSA) is 172 Å². The Kier molecular flexibility index (Phi) is 35.2. The molecule has 0 aliphatic carbocycles. The molecule has 4 N–H and O–H groups in total. The molecule has 0 rings (SSSR count). The summed E-state index contributed by atoms with van der Waals surface area (Å²) in [5.41, 5.74) is 5.32. The standard InChI is InChI=1S/C42H72NO10P/c1-3-5-7-9-11-13-15-17-19-21-23-25-27-29-31-33-40(44)50-35-38(36-51-54(48,49)52-37-39(43)42(46)47)53-41(45)34-32-30-28-26-24-22-20-18-16-14-12-10-8-6-4-2/h6,8,12,14,18,20,23-26,38-39H,3-5,7,9-11,13,15-17,19,21-22,27-37,43H2,1-2H3,(H,46,47)(H,48,49)/b8-6+,14-12+,20-18+,25-23+,26-24+/t38-,39+/m1/s1. The van der Waals surface area contributed by atoms with Crippen LogP contribution in [0.5, 0.6) is 0 Å². The number of aliphatic carboxylic acids is 1. The Morgan fingerprint density at radius 1 is 0.593 bits per heavy atom. The van der Waals surface area contributed by atoms with Gasteiger partial charge in [-0.25, -0.2) is 4.57 Å². The Balaban J connectivity index is 4.52. The van der Waals surface area contributed by atoms with Crippen molar-refractivity contribution in [3.05, 3.63) is 60.8 Å². The molecule has 1 unspecified atom stereocenters. The van der Waals surface area contributed by atoms with Gasteiger partial charge in [0.25, 0.3) is 0 Å². The monoisotopic (exact) mass is 781 g/mol. The number of phosphoric ester groups is 1. The van der Waals surface area contributed by atoms with Gasteiger partial charge in [0.2, 0.25) is 0 Å². The number of rotatable bonds is 37. The fraction of sp³-hybridized carbons (Fsp3) is 0.690. The van der Waals surface area contributed by atoms with Crippen LogP contribution in [-0.4, -0.2) is 59.9 Å². The zero-order chi connectivity index (χ0) is 40.0. The first-order valence-corrected chi connectivity index (χ1v) is 21.8. The van der Waals surface area contributed by atoms with Gasteiger partial charge in [0.05, 0.1) is 13.2 Å². The van der Waals surface area contributed by atoms with Crippen molar-refractivity contribution in [1.82, 2.24) is 0 Å². The van der Waals surface area contributed by atoms with Gasteiger partial charge < -0.3 is 25.2 Å². The van der Waals surface area contributed by atoms with Crippen LogP contribution in [0.3, 0.4) is 0 Å². The SMILES string of the molecule is CC/C=C/C/C=C/C/C=C/C/C=C/CCCCC(=O)O[C@H](COC(=O)CCCC/C=C/CCCCCCCCCCC)COP(=O)(O)OC[C@H](N)C(=O)O. The minimum Gasteiger partial charge on any atom is -0.480 e. The van der Waals surface area contributed by atoms with E-state index in [4.69, 9.17) is 24.8 Å². The highest BCUT2D eigenvalue weighted by atomic mass is 31.2. The molecule has 3 atom stereocenters. The smallest absolute Gasteiger partial charge is 0.472 e. The molecule has 0 amide bonds. The van der Waals surface area contributed by atoms with E-state index in [1.165, 1.54) is 57.8 Å². The molecule has 310 valence electrons. The number of phosphoric acid groups is 1. The second kappa shape index (κ2) is 37.1. The second-order valence-corrected chi connectivity index (χ2v) is 14.8. The van der Waals surface area contributed by atoms with Gasteiger partial charge in [-0.3, -0.25) is 23.4 Å². The summed E-state index contributed by atoms with van der Waals surface area (Å²) in [6.07, 6.45) is 41.6. The molecule has 0 radical (unpaired) electrons. The zero-order valence-electron chi connectivity index (χ0n) is 33.3. The Morgan fingerprint density at radius 3 is 1.57 bits per heavy atom. The molecule has 54 heavy (non-hydrogen) atoms. The molecule has 0 aromatic rings. The Morgan fingerprint density at radius 2 is 1.04 bits per heavy atom. The van der Waals surface area contributed by atoms with Crippen molar-refractivity contribution in [3.8, 4) is 0 Å². The quantitative estimate of drug-likeness (QED) is 0.0237. The lowest BCUT2D eigenvalue weighted by Crippen LogP contribution is -2.34. The van der Waals surface area contributed by atoms with E-state index in [0.717, 1.165) is 57.8 Å². The molecule has 0 bridgehead atoms. The summed E-state index contributed by atoms with van der Waals surface area (Å²) in [5, 5.41) is 8.87. The number of carboxylic acid groups (broad SMARTS) is 1. The van der Waals surface area contributed by atoms with Crippen LogP contribution in [0.25, 0.3) is 0 Å². The second-order valence-electron chi connectivity index (χ2n) is 13.4. The van der Waals surface area contributed by atoms with Crippen LogP contribution in [0.1, 0.15) is 155 Å². The molecule has 0 aromatic heterocycles. The molecular weight excluding hydrogens is 709 g/mol. The predicted molar refractivity (Wildman–Crippen MR) is 217 cm³/mol. The Labute approximate surface area is 326 Å². The van der Waals surface area contributed by atoms with Gasteiger partial charge in [-0.05, 0) is 77.0 Å². The summed E-state index contributed by atoms with van der Waals surface area (Å²) < 4.78 is 32.5. The highest BCUT2D eigenvalue weighted by Crippen LogP contribution is 2.43. The van der Waals surface area contributed by atoms with Crippen molar-refractivity contribution < 1.29 is 47.5 Å². The molecule has 12 heteroatoms. The van der Waals surface area contributed by atoms with Crippen LogP contribution in [-0.2, 0) is 37.5 Å². The van der Waals surface area contributed by atoms with Crippen molar-refractivity contribution in [1.29, 1.82) is 0 Å². The molecule has 0 saturated heterocycles.